The van der Waals surface area contributed by atoms with Gasteiger partial charge in [0.15, 0.2) is 5.75 Å². The number of halogens is 2. The molecule has 0 atom stereocenters. The van der Waals surface area contributed by atoms with E-state index in [0.29, 0.717) is 5.75 Å². The molecule has 0 fully saturated rings. The maximum absolute atomic E-state index is 13.3. The highest BCUT2D eigenvalue weighted by atomic mass is 35.5. The van der Waals surface area contributed by atoms with Crippen molar-refractivity contribution < 1.29 is 9.13 Å². The van der Waals surface area contributed by atoms with Crippen LogP contribution in [0.2, 0.25) is 5.28 Å². The van der Waals surface area contributed by atoms with Crippen LogP contribution in [0, 0.1) is 5.82 Å². The van der Waals surface area contributed by atoms with Crippen LogP contribution in [0.25, 0.3) is 0 Å². The molecule has 0 N–H and O–H groups in total. The van der Waals surface area contributed by atoms with Gasteiger partial charge in [0.2, 0.25) is 11.1 Å². The molecule has 5 nitrogen and oxygen atoms in total. The molecule has 2 rings (SSSR count). The molecule has 17 heavy (non-hydrogen) atoms. The van der Waals surface area contributed by atoms with Gasteiger partial charge in [0, 0.05) is 6.54 Å². The van der Waals surface area contributed by atoms with Gasteiger partial charge < -0.3 is 4.74 Å². The van der Waals surface area contributed by atoms with Crippen molar-refractivity contribution in [1.29, 1.82) is 0 Å². The van der Waals surface area contributed by atoms with E-state index < -0.39 is 5.82 Å². The summed E-state index contributed by atoms with van der Waals surface area (Å²) in [5, 5.41) is 3.98. The molecule has 0 unspecified atom stereocenters. The third-order valence-electron chi connectivity index (χ3n) is 1.96. The number of aromatic nitrogens is 4. The van der Waals surface area contributed by atoms with Crippen LogP contribution in [-0.4, -0.2) is 19.7 Å². The molecular weight excluding hydrogens is 247 g/mol. The second kappa shape index (κ2) is 5.09. The monoisotopic (exact) mass is 256 g/mol. The average Bonchev–Trinajstić information content (AvgIpc) is 2.72. The molecule has 0 saturated carbocycles. The number of aryl methyl sites for hydroxylation is 1. The van der Waals surface area contributed by atoms with E-state index >= 15 is 0 Å². The Morgan fingerprint density at radius 3 is 3.06 bits per heavy atom. The van der Waals surface area contributed by atoms with Crippen molar-refractivity contribution in [1.82, 2.24) is 19.7 Å². The van der Waals surface area contributed by atoms with Crippen LogP contribution in [0.15, 0.2) is 18.6 Å². The lowest BCUT2D eigenvalue weighted by Gasteiger charge is -2.02. The molecule has 0 aliphatic carbocycles. The molecule has 2 aromatic heterocycles. The van der Waals surface area contributed by atoms with E-state index in [1.165, 1.54) is 6.20 Å². The zero-order valence-corrected chi connectivity index (χ0v) is 9.86. The highest BCUT2D eigenvalue weighted by Gasteiger charge is 2.09. The molecule has 0 radical (unpaired) electrons. The van der Waals surface area contributed by atoms with Gasteiger partial charge in [-0.05, 0) is 18.0 Å². The smallest absolute Gasteiger partial charge is 0.260 e. The van der Waals surface area contributed by atoms with E-state index in [9.17, 15) is 4.39 Å². The third-order valence-corrected chi connectivity index (χ3v) is 2.14. The first-order chi connectivity index (χ1) is 8.19. The quantitative estimate of drug-likeness (QED) is 0.789. The van der Waals surface area contributed by atoms with Gasteiger partial charge in [0.05, 0.1) is 18.6 Å². The topological polar surface area (TPSA) is 52.8 Å². The lowest BCUT2D eigenvalue weighted by Crippen LogP contribution is -1.96. The molecule has 0 saturated heterocycles. The molecule has 2 heterocycles. The van der Waals surface area contributed by atoms with Gasteiger partial charge in [-0.2, -0.15) is 14.5 Å². The van der Waals surface area contributed by atoms with Crippen molar-refractivity contribution in [3.63, 3.8) is 0 Å². The number of hydrogen-bond donors (Lipinski definition) is 0. The highest BCUT2D eigenvalue weighted by molar-refractivity contribution is 6.28. The summed E-state index contributed by atoms with van der Waals surface area (Å²) in [5.41, 5.74) is 0. The number of rotatable bonds is 4. The Labute approximate surface area is 102 Å². The molecule has 0 aliphatic heterocycles. The van der Waals surface area contributed by atoms with Crippen LogP contribution in [0.4, 0.5) is 4.39 Å². The van der Waals surface area contributed by atoms with Crippen molar-refractivity contribution >= 4 is 11.6 Å². The maximum atomic E-state index is 13.3. The number of hydrogen-bond acceptors (Lipinski definition) is 4. The van der Waals surface area contributed by atoms with Crippen LogP contribution in [0.5, 0.6) is 11.6 Å². The molecule has 2 aromatic rings. The Kier molecular flexibility index (Phi) is 3.53. The van der Waals surface area contributed by atoms with Crippen molar-refractivity contribution in [2.75, 3.05) is 0 Å². The largest absolute Gasteiger partial charge is 0.433 e. The van der Waals surface area contributed by atoms with Crippen molar-refractivity contribution in [3.8, 4) is 11.6 Å². The summed E-state index contributed by atoms with van der Waals surface area (Å²) in [6, 6.07) is 0. The Bertz CT molecular complexity index is 517. The molecule has 0 bridgehead atoms. The lowest BCUT2D eigenvalue weighted by atomic mass is 10.5. The van der Waals surface area contributed by atoms with Crippen LogP contribution < -0.4 is 4.74 Å². The van der Waals surface area contributed by atoms with E-state index in [1.807, 2.05) is 6.92 Å². The van der Waals surface area contributed by atoms with Gasteiger partial charge >= 0.3 is 0 Å². The van der Waals surface area contributed by atoms with Crippen LogP contribution >= 0.6 is 11.6 Å². The minimum atomic E-state index is -0.669. The fourth-order valence-corrected chi connectivity index (χ4v) is 1.39. The predicted molar refractivity (Wildman–Crippen MR) is 59.6 cm³/mol. The minimum absolute atomic E-state index is 0.0673. The van der Waals surface area contributed by atoms with Gasteiger partial charge in [-0.3, -0.25) is 4.68 Å². The summed E-state index contributed by atoms with van der Waals surface area (Å²) >= 11 is 5.55. The first-order valence-corrected chi connectivity index (χ1v) is 5.45. The van der Waals surface area contributed by atoms with E-state index in [2.05, 4.69) is 15.1 Å². The zero-order chi connectivity index (χ0) is 12.3. The van der Waals surface area contributed by atoms with Crippen molar-refractivity contribution in [2.45, 2.75) is 19.9 Å². The first kappa shape index (κ1) is 11.8. The van der Waals surface area contributed by atoms with E-state index in [-0.39, 0.29) is 11.2 Å². The maximum Gasteiger partial charge on any atom is 0.260 e. The summed E-state index contributed by atoms with van der Waals surface area (Å²) in [6.07, 6.45) is 5.07. The SMILES string of the molecule is CCCn1cc(Oc2nc(Cl)ncc2F)cn1. The van der Waals surface area contributed by atoms with Gasteiger partial charge in [-0.15, -0.1) is 0 Å². The standard InChI is InChI=1S/C10H10ClFN4O/c1-2-3-16-6-7(4-14-16)17-9-8(12)5-13-10(11)15-9/h4-6H,2-3H2,1H3. The Balaban J connectivity index is 2.16. The van der Waals surface area contributed by atoms with Gasteiger partial charge in [0.25, 0.3) is 5.88 Å². The highest BCUT2D eigenvalue weighted by Crippen LogP contribution is 2.22. The van der Waals surface area contributed by atoms with E-state index in [0.717, 1.165) is 19.2 Å². The Hall–Kier alpha value is -1.69. The fourth-order valence-electron chi connectivity index (χ4n) is 1.26. The van der Waals surface area contributed by atoms with Crippen LogP contribution in [-0.2, 0) is 6.54 Å². The second-order valence-corrected chi connectivity index (χ2v) is 3.67. The second-order valence-electron chi connectivity index (χ2n) is 3.33. The third kappa shape index (κ3) is 2.91. The lowest BCUT2D eigenvalue weighted by molar-refractivity contribution is 0.419. The van der Waals surface area contributed by atoms with Crippen LogP contribution in [0.3, 0.4) is 0 Å². The molecule has 0 aliphatic rings. The van der Waals surface area contributed by atoms with Crippen molar-refractivity contribution in [2.24, 2.45) is 0 Å². The summed E-state index contributed by atoms with van der Waals surface area (Å²) in [6.45, 7) is 2.81. The van der Waals surface area contributed by atoms with E-state index in [1.54, 1.807) is 10.9 Å². The molecule has 0 amide bonds. The van der Waals surface area contributed by atoms with E-state index in [4.69, 9.17) is 16.3 Å². The van der Waals surface area contributed by atoms with Gasteiger partial charge in [-0.25, -0.2) is 4.98 Å². The Morgan fingerprint density at radius 2 is 2.29 bits per heavy atom. The summed E-state index contributed by atoms with van der Waals surface area (Å²) < 4.78 is 20.2. The number of nitrogens with zero attached hydrogens (tertiary/aromatic N) is 4. The molecule has 90 valence electrons. The zero-order valence-electron chi connectivity index (χ0n) is 9.10. The normalized spacial score (nSPS) is 10.5. The average molecular weight is 257 g/mol. The minimum Gasteiger partial charge on any atom is -0.433 e. The van der Waals surface area contributed by atoms with Gasteiger partial charge in [-0.1, -0.05) is 6.92 Å². The molecule has 0 spiro atoms. The Morgan fingerprint density at radius 1 is 1.47 bits per heavy atom. The summed E-state index contributed by atoms with van der Waals surface area (Å²) in [5.74, 6) is -0.467. The summed E-state index contributed by atoms with van der Waals surface area (Å²) in [4.78, 5) is 7.14. The van der Waals surface area contributed by atoms with Crippen molar-refractivity contribution in [3.05, 3.63) is 29.7 Å². The molecule has 7 heteroatoms. The molecule has 0 aromatic carbocycles. The van der Waals surface area contributed by atoms with Crippen LogP contribution in [0.1, 0.15) is 13.3 Å². The van der Waals surface area contributed by atoms with Gasteiger partial charge in [0.1, 0.15) is 0 Å². The first-order valence-electron chi connectivity index (χ1n) is 5.07. The molecular formula is C10H10ClFN4O. The fraction of sp³-hybridized carbons (Fsp3) is 0.300. The predicted octanol–water partition coefficient (Wildman–Crippen LogP) is 2.67. The summed E-state index contributed by atoms with van der Waals surface area (Å²) in [7, 11) is 0. The number of ether oxygens (including phenoxy) is 1.